The number of anilines is 2. The van der Waals surface area contributed by atoms with E-state index in [4.69, 9.17) is 0 Å². The van der Waals surface area contributed by atoms with E-state index in [0.717, 1.165) is 63.3 Å². The predicted octanol–water partition coefficient (Wildman–Crippen LogP) is 6.39. The fraction of sp³-hybridized carbons (Fsp3) is 0.903. The molecule has 2 aliphatic heterocycles. The summed E-state index contributed by atoms with van der Waals surface area (Å²) >= 11 is 0. The number of unbranched alkanes of at least 4 members (excludes halogenated alkanes) is 2. The molecule has 1 aromatic rings. The zero-order valence-corrected chi connectivity index (χ0v) is 26.9. The van der Waals surface area contributed by atoms with Crippen molar-refractivity contribution >= 4 is 11.6 Å². The van der Waals surface area contributed by atoms with Gasteiger partial charge in [-0.2, -0.15) is 0 Å². The minimum Gasteiger partial charge on any atom is -0.352 e. The Labute approximate surface area is 234 Å². The van der Waals surface area contributed by atoms with E-state index in [-0.39, 0.29) is 22.2 Å². The second-order valence-electron chi connectivity index (χ2n) is 14.7. The van der Waals surface area contributed by atoms with Gasteiger partial charge in [0.1, 0.15) is 0 Å². The number of hydrogen-bond acceptors (Lipinski definition) is 7. The van der Waals surface area contributed by atoms with Gasteiger partial charge in [0.15, 0.2) is 11.6 Å². The lowest BCUT2D eigenvalue weighted by molar-refractivity contribution is -0.0129. The molecule has 218 valence electrons. The fourth-order valence-corrected chi connectivity index (χ4v) is 7.27. The van der Waals surface area contributed by atoms with E-state index in [0.29, 0.717) is 12.1 Å². The molecule has 7 heteroatoms. The highest BCUT2D eigenvalue weighted by Crippen LogP contribution is 2.42. The lowest BCUT2D eigenvalue weighted by Crippen LogP contribution is -2.63. The molecule has 0 amide bonds. The van der Waals surface area contributed by atoms with Gasteiger partial charge in [0.25, 0.3) is 0 Å². The van der Waals surface area contributed by atoms with Crippen molar-refractivity contribution in [1.29, 1.82) is 0 Å². The molecule has 0 saturated carbocycles. The van der Waals surface area contributed by atoms with Crippen LogP contribution in [0.5, 0.6) is 0 Å². The Bertz CT molecular complexity index is 804. The summed E-state index contributed by atoms with van der Waals surface area (Å²) in [5.74, 6) is 2.00. The molecule has 38 heavy (non-hydrogen) atoms. The van der Waals surface area contributed by atoms with Gasteiger partial charge in [-0.25, -0.2) is 0 Å². The molecule has 2 fully saturated rings. The lowest BCUT2D eigenvalue weighted by Gasteiger charge is -2.56. The van der Waals surface area contributed by atoms with Gasteiger partial charge in [0.2, 0.25) is 0 Å². The highest BCUT2D eigenvalue weighted by Gasteiger charge is 2.46. The van der Waals surface area contributed by atoms with E-state index in [1.54, 1.807) is 0 Å². The van der Waals surface area contributed by atoms with E-state index in [1.165, 1.54) is 12.8 Å². The summed E-state index contributed by atoms with van der Waals surface area (Å²) in [4.78, 5) is 10.3. The van der Waals surface area contributed by atoms with Crippen LogP contribution < -0.4 is 9.80 Å². The Hall–Kier alpha value is -1.47. The molecule has 0 radical (unpaired) electrons. The standard InChI is InChI=1S/C31H59N7/c1-13-15-17-37(24-20-28(3,4)35(11)29(5,6)21-24)26-19-27(33-34-32-26)38(18-16-14-2)25-22-30(7,8)36(12)31(9,10)23-25/h19,24-25H,13-18,20-23H2,1-12H3. The average Bonchev–Trinajstić information content (AvgIpc) is 2.81. The van der Waals surface area contributed by atoms with Crippen LogP contribution in [0.2, 0.25) is 0 Å². The van der Waals surface area contributed by atoms with Gasteiger partial charge in [-0.05, 0) is 113 Å². The molecule has 0 spiro atoms. The van der Waals surface area contributed by atoms with E-state index in [2.05, 4.69) is 124 Å². The van der Waals surface area contributed by atoms with Gasteiger partial charge >= 0.3 is 0 Å². The topological polar surface area (TPSA) is 51.6 Å². The minimum atomic E-state index is 0.124. The fourth-order valence-electron chi connectivity index (χ4n) is 7.27. The largest absolute Gasteiger partial charge is 0.352 e. The van der Waals surface area contributed by atoms with Gasteiger partial charge in [-0.1, -0.05) is 26.7 Å². The monoisotopic (exact) mass is 529 g/mol. The maximum Gasteiger partial charge on any atom is 0.157 e. The molecule has 0 atom stereocenters. The van der Waals surface area contributed by atoms with Crippen LogP contribution >= 0.6 is 0 Å². The second-order valence-corrected chi connectivity index (χ2v) is 14.7. The second kappa shape index (κ2) is 11.6. The highest BCUT2D eigenvalue weighted by atomic mass is 15.4. The van der Waals surface area contributed by atoms with E-state index < -0.39 is 0 Å². The summed E-state index contributed by atoms with van der Waals surface area (Å²) < 4.78 is 0. The van der Waals surface area contributed by atoms with Crippen molar-refractivity contribution in [2.75, 3.05) is 37.0 Å². The van der Waals surface area contributed by atoms with Crippen LogP contribution in [0, 0.1) is 0 Å². The van der Waals surface area contributed by atoms with Gasteiger partial charge in [0.05, 0.1) is 0 Å². The molecule has 2 saturated heterocycles. The summed E-state index contributed by atoms with van der Waals surface area (Å²) in [5.41, 5.74) is 0.495. The lowest BCUT2D eigenvalue weighted by atomic mass is 9.76. The third-order valence-electron chi connectivity index (χ3n) is 10.1. The molecule has 0 bridgehead atoms. The highest BCUT2D eigenvalue weighted by molar-refractivity contribution is 5.51. The predicted molar refractivity (Wildman–Crippen MR) is 162 cm³/mol. The first-order valence-corrected chi connectivity index (χ1v) is 15.3. The van der Waals surface area contributed by atoms with Crippen LogP contribution in [0.3, 0.4) is 0 Å². The summed E-state index contributed by atoms with van der Waals surface area (Å²) in [5, 5.41) is 13.8. The van der Waals surface area contributed by atoms with Crippen LogP contribution in [-0.2, 0) is 0 Å². The molecule has 1 aromatic heterocycles. The Kier molecular flexibility index (Phi) is 9.45. The van der Waals surface area contributed by atoms with Gasteiger partial charge < -0.3 is 9.80 Å². The van der Waals surface area contributed by atoms with Crippen LogP contribution in [-0.4, -0.2) is 86.6 Å². The number of hydrogen-bond donors (Lipinski definition) is 0. The Morgan fingerprint density at radius 3 is 1.26 bits per heavy atom. The van der Waals surface area contributed by atoms with Gasteiger partial charge in [0, 0.05) is 53.4 Å². The third-order valence-corrected chi connectivity index (χ3v) is 10.1. The maximum absolute atomic E-state index is 4.68. The molecular formula is C31H59N7. The van der Waals surface area contributed by atoms with Crippen molar-refractivity contribution in [2.45, 2.75) is 155 Å². The molecular weight excluding hydrogens is 470 g/mol. The summed E-state index contributed by atoms with van der Waals surface area (Å²) in [7, 11) is 4.57. The Balaban J connectivity index is 1.98. The molecule has 0 unspecified atom stereocenters. The summed E-state index contributed by atoms with van der Waals surface area (Å²) in [6.45, 7) is 25.7. The van der Waals surface area contributed by atoms with Crippen LogP contribution in [0.4, 0.5) is 11.6 Å². The van der Waals surface area contributed by atoms with Crippen molar-refractivity contribution in [1.82, 2.24) is 25.2 Å². The molecule has 0 aromatic carbocycles. The Morgan fingerprint density at radius 2 is 0.974 bits per heavy atom. The quantitative estimate of drug-likeness (QED) is 0.348. The first-order valence-electron chi connectivity index (χ1n) is 15.3. The van der Waals surface area contributed by atoms with Crippen molar-refractivity contribution < 1.29 is 0 Å². The molecule has 0 aliphatic carbocycles. The number of rotatable bonds is 10. The van der Waals surface area contributed by atoms with Gasteiger partial charge in [-0.15, -0.1) is 10.2 Å². The van der Waals surface area contributed by atoms with Crippen LogP contribution in [0.1, 0.15) is 121 Å². The molecule has 3 heterocycles. The number of aromatic nitrogens is 3. The van der Waals surface area contributed by atoms with E-state index in [9.17, 15) is 0 Å². The van der Waals surface area contributed by atoms with E-state index in [1.807, 2.05) is 0 Å². The average molecular weight is 530 g/mol. The molecule has 2 aliphatic rings. The molecule has 3 rings (SSSR count). The minimum absolute atomic E-state index is 0.124. The van der Waals surface area contributed by atoms with E-state index >= 15 is 0 Å². The zero-order chi connectivity index (χ0) is 28.5. The molecule has 0 N–H and O–H groups in total. The molecule has 7 nitrogen and oxygen atoms in total. The summed E-state index contributed by atoms with van der Waals surface area (Å²) in [6, 6.07) is 3.12. The first kappa shape index (κ1) is 31.1. The van der Waals surface area contributed by atoms with Crippen molar-refractivity contribution in [3.05, 3.63) is 6.07 Å². The van der Waals surface area contributed by atoms with Crippen molar-refractivity contribution in [3.8, 4) is 0 Å². The SMILES string of the molecule is CCCCN(c1cc(N(CCCC)C2CC(C)(C)N(C)C(C)(C)C2)nnn1)C1CC(C)(C)N(C)C(C)(C)C1. The number of piperidine rings is 2. The third kappa shape index (κ3) is 6.63. The smallest absolute Gasteiger partial charge is 0.157 e. The van der Waals surface area contributed by atoms with Crippen molar-refractivity contribution in [2.24, 2.45) is 0 Å². The zero-order valence-electron chi connectivity index (χ0n) is 26.9. The van der Waals surface area contributed by atoms with Gasteiger partial charge in [-0.3, -0.25) is 9.80 Å². The number of likely N-dealkylation sites (tertiary alicyclic amines) is 2. The maximum atomic E-state index is 4.68. The number of nitrogens with zero attached hydrogens (tertiary/aromatic N) is 7. The first-order chi connectivity index (χ1) is 17.6. The van der Waals surface area contributed by atoms with Crippen molar-refractivity contribution in [3.63, 3.8) is 0 Å². The van der Waals surface area contributed by atoms with Crippen LogP contribution in [0.25, 0.3) is 0 Å². The Morgan fingerprint density at radius 1 is 0.658 bits per heavy atom. The van der Waals surface area contributed by atoms with Crippen LogP contribution in [0.15, 0.2) is 6.07 Å². The normalized spacial score (nSPS) is 23.9. The summed E-state index contributed by atoms with van der Waals surface area (Å²) in [6.07, 6.45) is 9.12.